The SMILES string of the molecule is Cc1ccc([C@@H]2OCCC[C@H]2C(=O)Nc2ccn(CC(=O)O)n2)cc1. The molecule has 0 saturated carbocycles. The number of carboxylic acids is 1. The Balaban J connectivity index is 1.71. The number of aromatic nitrogens is 2. The van der Waals surface area contributed by atoms with Gasteiger partial charge < -0.3 is 15.2 Å². The first-order valence-electron chi connectivity index (χ1n) is 8.27. The zero-order valence-corrected chi connectivity index (χ0v) is 14.0. The highest BCUT2D eigenvalue weighted by Gasteiger charge is 2.33. The number of carboxylic acid groups (broad SMARTS) is 1. The minimum atomic E-state index is -0.985. The molecule has 1 aliphatic heterocycles. The van der Waals surface area contributed by atoms with Crippen molar-refractivity contribution >= 4 is 17.7 Å². The van der Waals surface area contributed by atoms with Crippen molar-refractivity contribution in [3.63, 3.8) is 0 Å². The molecule has 2 aromatic rings. The number of anilines is 1. The summed E-state index contributed by atoms with van der Waals surface area (Å²) in [6, 6.07) is 9.59. The van der Waals surface area contributed by atoms with E-state index in [0.29, 0.717) is 12.4 Å². The molecule has 3 rings (SSSR count). The molecule has 1 aromatic heterocycles. The summed E-state index contributed by atoms with van der Waals surface area (Å²) < 4.78 is 7.14. The van der Waals surface area contributed by atoms with Gasteiger partial charge in [-0.2, -0.15) is 5.10 Å². The molecule has 2 heterocycles. The molecule has 0 radical (unpaired) electrons. The molecule has 1 saturated heterocycles. The zero-order valence-electron chi connectivity index (χ0n) is 14.0. The van der Waals surface area contributed by atoms with E-state index < -0.39 is 5.97 Å². The molecule has 7 heteroatoms. The molecule has 1 fully saturated rings. The van der Waals surface area contributed by atoms with Crippen LogP contribution in [-0.2, 0) is 20.9 Å². The third kappa shape index (κ3) is 4.24. The van der Waals surface area contributed by atoms with E-state index in [0.717, 1.165) is 24.0 Å². The number of aryl methyl sites for hydroxylation is 1. The molecule has 0 unspecified atom stereocenters. The van der Waals surface area contributed by atoms with Crippen molar-refractivity contribution in [1.82, 2.24) is 9.78 Å². The second-order valence-corrected chi connectivity index (χ2v) is 6.23. The van der Waals surface area contributed by atoms with Crippen LogP contribution in [0.1, 0.15) is 30.1 Å². The number of amides is 1. The van der Waals surface area contributed by atoms with Crippen LogP contribution in [0.4, 0.5) is 5.82 Å². The number of aliphatic carboxylic acids is 1. The maximum absolute atomic E-state index is 12.7. The van der Waals surface area contributed by atoms with Crippen molar-refractivity contribution < 1.29 is 19.4 Å². The van der Waals surface area contributed by atoms with Crippen molar-refractivity contribution in [2.24, 2.45) is 5.92 Å². The van der Waals surface area contributed by atoms with Gasteiger partial charge in [-0.1, -0.05) is 29.8 Å². The fraction of sp³-hybridized carbons (Fsp3) is 0.389. The van der Waals surface area contributed by atoms with Crippen molar-refractivity contribution in [3.05, 3.63) is 47.7 Å². The quantitative estimate of drug-likeness (QED) is 0.869. The van der Waals surface area contributed by atoms with Crippen molar-refractivity contribution in [1.29, 1.82) is 0 Å². The van der Waals surface area contributed by atoms with Gasteiger partial charge in [0, 0.05) is 18.9 Å². The predicted octanol–water partition coefficient (Wildman–Crippen LogP) is 2.38. The number of benzene rings is 1. The van der Waals surface area contributed by atoms with Crippen LogP contribution in [-0.4, -0.2) is 33.4 Å². The largest absolute Gasteiger partial charge is 0.480 e. The van der Waals surface area contributed by atoms with Gasteiger partial charge in [-0.3, -0.25) is 14.3 Å². The molecule has 1 aromatic carbocycles. The molecule has 132 valence electrons. The van der Waals surface area contributed by atoms with Crippen molar-refractivity contribution in [2.45, 2.75) is 32.4 Å². The van der Waals surface area contributed by atoms with E-state index in [2.05, 4.69) is 10.4 Å². The van der Waals surface area contributed by atoms with Crippen molar-refractivity contribution in [3.8, 4) is 0 Å². The molecule has 1 aliphatic rings. The summed E-state index contributed by atoms with van der Waals surface area (Å²) in [6.45, 7) is 2.41. The minimum Gasteiger partial charge on any atom is -0.480 e. The van der Waals surface area contributed by atoms with E-state index in [4.69, 9.17) is 9.84 Å². The van der Waals surface area contributed by atoms with Crippen LogP contribution in [0.15, 0.2) is 36.5 Å². The Bertz CT molecular complexity index is 754. The van der Waals surface area contributed by atoms with Crippen LogP contribution in [0, 0.1) is 12.8 Å². The second kappa shape index (κ2) is 7.48. The van der Waals surface area contributed by atoms with Gasteiger partial charge >= 0.3 is 5.97 Å². The van der Waals surface area contributed by atoms with Gasteiger partial charge in [0.2, 0.25) is 5.91 Å². The Morgan fingerprint density at radius 1 is 1.32 bits per heavy atom. The fourth-order valence-corrected chi connectivity index (χ4v) is 3.01. The Kier molecular flexibility index (Phi) is 5.14. The third-order valence-corrected chi connectivity index (χ3v) is 4.25. The molecule has 2 atom stereocenters. The highest BCUT2D eigenvalue weighted by Crippen LogP contribution is 2.34. The van der Waals surface area contributed by atoms with Gasteiger partial charge in [-0.25, -0.2) is 0 Å². The number of nitrogens with zero attached hydrogens (tertiary/aromatic N) is 2. The lowest BCUT2D eigenvalue weighted by Crippen LogP contribution is -2.33. The molecular formula is C18H21N3O4. The summed E-state index contributed by atoms with van der Waals surface area (Å²) in [7, 11) is 0. The fourth-order valence-electron chi connectivity index (χ4n) is 3.01. The summed E-state index contributed by atoms with van der Waals surface area (Å²) in [5.74, 6) is -1.10. The zero-order chi connectivity index (χ0) is 17.8. The van der Waals surface area contributed by atoms with Gasteiger partial charge in [0.1, 0.15) is 6.54 Å². The third-order valence-electron chi connectivity index (χ3n) is 4.25. The molecule has 0 spiro atoms. The molecule has 1 amide bonds. The van der Waals surface area contributed by atoms with Crippen LogP contribution < -0.4 is 5.32 Å². The Morgan fingerprint density at radius 3 is 2.80 bits per heavy atom. The Labute approximate surface area is 145 Å². The molecule has 25 heavy (non-hydrogen) atoms. The number of carbonyl (C=O) groups is 2. The van der Waals surface area contributed by atoms with E-state index in [-0.39, 0.29) is 24.5 Å². The molecule has 0 aliphatic carbocycles. The highest BCUT2D eigenvalue weighted by molar-refractivity contribution is 5.92. The van der Waals surface area contributed by atoms with E-state index in [1.165, 1.54) is 10.9 Å². The predicted molar refractivity (Wildman–Crippen MR) is 91.1 cm³/mol. The van der Waals surface area contributed by atoms with E-state index in [1.54, 1.807) is 6.07 Å². The summed E-state index contributed by atoms with van der Waals surface area (Å²) in [5.41, 5.74) is 2.14. The lowest BCUT2D eigenvalue weighted by molar-refractivity contribution is -0.137. The van der Waals surface area contributed by atoms with Crippen LogP contribution in [0.25, 0.3) is 0 Å². The number of hydrogen-bond donors (Lipinski definition) is 2. The number of ether oxygens (including phenoxy) is 1. The Morgan fingerprint density at radius 2 is 2.08 bits per heavy atom. The monoisotopic (exact) mass is 343 g/mol. The number of nitrogens with one attached hydrogen (secondary N) is 1. The van der Waals surface area contributed by atoms with E-state index in [9.17, 15) is 9.59 Å². The molecule has 0 bridgehead atoms. The van der Waals surface area contributed by atoms with E-state index in [1.807, 2.05) is 31.2 Å². The highest BCUT2D eigenvalue weighted by atomic mass is 16.5. The lowest BCUT2D eigenvalue weighted by Gasteiger charge is -2.31. The van der Waals surface area contributed by atoms with Crippen LogP contribution in [0.3, 0.4) is 0 Å². The summed E-state index contributed by atoms with van der Waals surface area (Å²) in [5, 5.41) is 15.6. The smallest absolute Gasteiger partial charge is 0.325 e. The van der Waals surface area contributed by atoms with Crippen molar-refractivity contribution in [2.75, 3.05) is 11.9 Å². The van der Waals surface area contributed by atoms with Gasteiger partial charge in [-0.05, 0) is 25.3 Å². The second-order valence-electron chi connectivity index (χ2n) is 6.23. The van der Waals surface area contributed by atoms with Crippen LogP contribution >= 0.6 is 0 Å². The first kappa shape index (κ1) is 17.2. The van der Waals surface area contributed by atoms with Gasteiger partial charge in [0.05, 0.1) is 12.0 Å². The standard InChI is InChI=1S/C18H21N3O4/c1-12-4-6-13(7-5-12)17-14(3-2-10-25-17)18(24)19-15-8-9-21(20-15)11-16(22)23/h4-9,14,17H,2-3,10-11H2,1H3,(H,22,23)(H,19,20,24)/t14-,17+/m1/s1. The summed E-state index contributed by atoms with van der Waals surface area (Å²) in [4.78, 5) is 23.4. The van der Waals surface area contributed by atoms with Crippen LogP contribution in [0.2, 0.25) is 0 Å². The first-order valence-corrected chi connectivity index (χ1v) is 8.27. The lowest BCUT2D eigenvalue weighted by atomic mass is 9.88. The van der Waals surface area contributed by atoms with Crippen LogP contribution in [0.5, 0.6) is 0 Å². The minimum absolute atomic E-state index is 0.161. The normalized spacial score (nSPS) is 20.2. The molecule has 7 nitrogen and oxygen atoms in total. The average Bonchev–Trinajstić information content (AvgIpc) is 3.01. The first-order chi connectivity index (χ1) is 12.0. The molecule has 2 N–H and O–H groups in total. The average molecular weight is 343 g/mol. The van der Waals surface area contributed by atoms with E-state index >= 15 is 0 Å². The number of rotatable bonds is 5. The molecular weight excluding hydrogens is 322 g/mol. The maximum Gasteiger partial charge on any atom is 0.325 e. The number of carbonyl (C=O) groups excluding carboxylic acids is 1. The topological polar surface area (TPSA) is 93.5 Å². The Hall–Kier alpha value is -2.67. The van der Waals surface area contributed by atoms with Gasteiger partial charge in [-0.15, -0.1) is 0 Å². The summed E-state index contributed by atoms with van der Waals surface area (Å²) >= 11 is 0. The number of hydrogen-bond acceptors (Lipinski definition) is 4. The van der Waals surface area contributed by atoms with Gasteiger partial charge in [0.15, 0.2) is 5.82 Å². The summed E-state index contributed by atoms with van der Waals surface area (Å²) in [6.07, 6.45) is 2.81. The van der Waals surface area contributed by atoms with Gasteiger partial charge in [0.25, 0.3) is 0 Å². The maximum atomic E-state index is 12.7.